The van der Waals surface area contributed by atoms with E-state index in [1.165, 1.54) is 0 Å². The third kappa shape index (κ3) is 4.78. The van der Waals surface area contributed by atoms with E-state index in [2.05, 4.69) is 25.2 Å². The summed E-state index contributed by atoms with van der Waals surface area (Å²) >= 11 is 0. The van der Waals surface area contributed by atoms with Crippen molar-refractivity contribution in [2.45, 2.75) is 40.7 Å². The van der Waals surface area contributed by atoms with Crippen LogP contribution in [0.25, 0.3) is 0 Å². The maximum Gasteiger partial charge on any atom is 0.260 e. The minimum Gasteiger partial charge on any atom is -0.481 e. The maximum atomic E-state index is 11.8. The summed E-state index contributed by atoms with van der Waals surface area (Å²) in [6.45, 7) is 10.6. The van der Waals surface area contributed by atoms with Crippen LogP contribution in [0.4, 0.5) is 0 Å². The Balaban J connectivity index is 2.58. The van der Waals surface area contributed by atoms with Crippen LogP contribution < -0.4 is 10.1 Å². The van der Waals surface area contributed by atoms with Gasteiger partial charge in [-0.2, -0.15) is 0 Å². The first-order valence-electron chi connectivity index (χ1n) is 6.41. The molecule has 1 aromatic rings. The van der Waals surface area contributed by atoms with E-state index in [4.69, 9.17) is 4.74 Å². The van der Waals surface area contributed by atoms with Crippen molar-refractivity contribution < 1.29 is 9.53 Å². The van der Waals surface area contributed by atoms with Crippen molar-refractivity contribution in [3.63, 3.8) is 0 Å². The Kier molecular flexibility index (Phi) is 5.20. The predicted octanol–water partition coefficient (Wildman–Crippen LogP) is 2.84. The lowest BCUT2D eigenvalue weighted by atomic mass is 10.1. The van der Waals surface area contributed by atoms with E-state index >= 15 is 0 Å². The summed E-state index contributed by atoms with van der Waals surface area (Å²) in [5, 5.41) is 2.87. The van der Waals surface area contributed by atoms with E-state index in [0.717, 1.165) is 16.9 Å². The third-order valence-electron chi connectivity index (χ3n) is 2.56. The monoisotopic (exact) mass is 249 g/mol. The normalized spacial score (nSPS) is 12.3. The van der Waals surface area contributed by atoms with Crippen molar-refractivity contribution in [1.29, 1.82) is 0 Å². The first-order chi connectivity index (χ1) is 8.38. The quantitative estimate of drug-likeness (QED) is 0.871. The molecule has 1 amide bonds. The molecule has 1 rings (SSSR count). The molecule has 0 saturated heterocycles. The number of nitrogens with one attached hydrogen (secondary N) is 1. The molecule has 0 bridgehead atoms. The Morgan fingerprint density at radius 2 is 1.72 bits per heavy atom. The fourth-order valence-corrected chi connectivity index (χ4v) is 1.71. The van der Waals surface area contributed by atoms with E-state index in [9.17, 15) is 4.79 Å². The number of ether oxygens (including phenoxy) is 1. The van der Waals surface area contributed by atoms with E-state index in [1.54, 1.807) is 6.92 Å². The minimum atomic E-state index is -0.468. The summed E-state index contributed by atoms with van der Waals surface area (Å²) in [6.07, 6.45) is -0.468. The average Bonchev–Trinajstić information content (AvgIpc) is 2.24. The fourth-order valence-electron chi connectivity index (χ4n) is 1.71. The highest BCUT2D eigenvalue weighted by Crippen LogP contribution is 2.17. The number of carbonyl (C=O) groups excluding carboxylic acids is 1. The standard InChI is InChI=1S/C15H23NO2/c1-10(2)9-16-15(17)13(5)18-14-7-11(3)6-12(4)8-14/h6-8,10,13H,9H2,1-5H3,(H,16,17). The van der Waals surface area contributed by atoms with Crippen molar-refractivity contribution in [3.8, 4) is 5.75 Å². The van der Waals surface area contributed by atoms with Gasteiger partial charge in [0.2, 0.25) is 0 Å². The molecular formula is C15H23NO2. The van der Waals surface area contributed by atoms with Crippen LogP contribution in [0.15, 0.2) is 18.2 Å². The van der Waals surface area contributed by atoms with Gasteiger partial charge in [-0.05, 0) is 49.9 Å². The molecule has 100 valence electrons. The highest BCUT2D eigenvalue weighted by atomic mass is 16.5. The van der Waals surface area contributed by atoms with Crippen molar-refractivity contribution >= 4 is 5.91 Å². The molecule has 0 radical (unpaired) electrons. The van der Waals surface area contributed by atoms with E-state index in [1.807, 2.05) is 26.0 Å². The van der Waals surface area contributed by atoms with Gasteiger partial charge in [-0.1, -0.05) is 19.9 Å². The van der Waals surface area contributed by atoms with Crippen molar-refractivity contribution in [2.75, 3.05) is 6.54 Å². The lowest BCUT2D eigenvalue weighted by Crippen LogP contribution is -2.38. The van der Waals surface area contributed by atoms with Crippen molar-refractivity contribution in [2.24, 2.45) is 5.92 Å². The molecule has 3 heteroatoms. The third-order valence-corrected chi connectivity index (χ3v) is 2.56. The molecule has 3 nitrogen and oxygen atoms in total. The summed E-state index contributed by atoms with van der Waals surface area (Å²) in [5.41, 5.74) is 2.28. The van der Waals surface area contributed by atoms with Crippen LogP contribution in [-0.2, 0) is 4.79 Å². The van der Waals surface area contributed by atoms with Crippen molar-refractivity contribution in [1.82, 2.24) is 5.32 Å². The van der Waals surface area contributed by atoms with E-state index in [0.29, 0.717) is 12.5 Å². The number of amides is 1. The number of benzene rings is 1. The topological polar surface area (TPSA) is 38.3 Å². The molecule has 1 unspecified atom stereocenters. The second-order valence-corrected chi connectivity index (χ2v) is 5.22. The Morgan fingerprint density at radius 1 is 1.17 bits per heavy atom. The first-order valence-corrected chi connectivity index (χ1v) is 6.41. The number of carbonyl (C=O) groups is 1. The zero-order chi connectivity index (χ0) is 13.7. The van der Waals surface area contributed by atoms with Gasteiger partial charge in [0.25, 0.3) is 5.91 Å². The van der Waals surface area contributed by atoms with Crippen molar-refractivity contribution in [3.05, 3.63) is 29.3 Å². The average molecular weight is 249 g/mol. The molecule has 0 aliphatic rings. The summed E-state index contributed by atoms with van der Waals surface area (Å²) in [4.78, 5) is 11.8. The minimum absolute atomic E-state index is 0.0668. The Hall–Kier alpha value is -1.51. The zero-order valence-corrected chi connectivity index (χ0v) is 11.9. The van der Waals surface area contributed by atoms with Crippen LogP contribution in [-0.4, -0.2) is 18.6 Å². The van der Waals surface area contributed by atoms with Crippen LogP contribution in [0, 0.1) is 19.8 Å². The largest absolute Gasteiger partial charge is 0.481 e. The van der Waals surface area contributed by atoms with Crippen LogP contribution >= 0.6 is 0 Å². The van der Waals surface area contributed by atoms with E-state index < -0.39 is 6.10 Å². The first kappa shape index (κ1) is 14.6. The molecule has 0 saturated carbocycles. The van der Waals surface area contributed by atoms with Gasteiger partial charge in [0.05, 0.1) is 0 Å². The molecule has 0 aliphatic heterocycles. The van der Waals surface area contributed by atoms with E-state index in [-0.39, 0.29) is 5.91 Å². The smallest absolute Gasteiger partial charge is 0.260 e. The second kappa shape index (κ2) is 6.43. The Bertz CT molecular complexity index is 393. The van der Waals surface area contributed by atoms with Crippen LogP contribution in [0.2, 0.25) is 0 Å². The summed E-state index contributed by atoms with van der Waals surface area (Å²) in [5.74, 6) is 1.13. The zero-order valence-electron chi connectivity index (χ0n) is 11.9. The summed E-state index contributed by atoms with van der Waals surface area (Å²) in [6, 6.07) is 5.97. The molecule has 0 aromatic heterocycles. The summed E-state index contributed by atoms with van der Waals surface area (Å²) in [7, 11) is 0. The fraction of sp³-hybridized carbons (Fsp3) is 0.533. The number of hydrogen-bond donors (Lipinski definition) is 1. The lowest BCUT2D eigenvalue weighted by molar-refractivity contribution is -0.127. The van der Waals surface area contributed by atoms with Gasteiger partial charge < -0.3 is 10.1 Å². The van der Waals surface area contributed by atoms with Gasteiger partial charge in [0, 0.05) is 6.54 Å². The van der Waals surface area contributed by atoms with Crippen LogP contribution in [0.1, 0.15) is 31.9 Å². The molecule has 1 N–H and O–H groups in total. The van der Waals surface area contributed by atoms with Gasteiger partial charge >= 0.3 is 0 Å². The highest BCUT2D eigenvalue weighted by molar-refractivity contribution is 5.80. The molecule has 0 aliphatic carbocycles. The van der Waals surface area contributed by atoms with Gasteiger partial charge in [-0.25, -0.2) is 0 Å². The second-order valence-electron chi connectivity index (χ2n) is 5.22. The molecule has 0 heterocycles. The summed E-state index contributed by atoms with van der Waals surface area (Å²) < 4.78 is 5.66. The molecular weight excluding hydrogens is 226 g/mol. The lowest BCUT2D eigenvalue weighted by Gasteiger charge is -2.16. The van der Waals surface area contributed by atoms with Gasteiger partial charge in [0.1, 0.15) is 5.75 Å². The molecule has 1 aromatic carbocycles. The number of rotatable bonds is 5. The molecule has 0 spiro atoms. The van der Waals surface area contributed by atoms with Gasteiger partial charge in [-0.15, -0.1) is 0 Å². The molecule has 1 atom stereocenters. The SMILES string of the molecule is Cc1cc(C)cc(OC(C)C(=O)NCC(C)C)c1. The van der Waals surface area contributed by atoms with Gasteiger partial charge in [0.15, 0.2) is 6.10 Å². The maximum absolute atomic E-state index is 11.8. The Labute approximate surface area is 110 Å². The predicted molar refractivity (Wildman–Crippen MR) is 73.9 cm³/mol. The highest BCUT2D eigenvalue weighted by Gasteiger charge is 2.14. The van der Waals surface area contributed by atoms with Gasteiger partial charge in [-0.3, -0.25) is 4.79 Å². The molecule has 18 heavy (non-hydrogen) atoms. The van der Waals surface area contributed by atoms with Crippen LogP contribution in [0.3, 0.4) is 0 Å². The Morgan fingerprint density at radius 3 is 2.22 bits per heavy atom. The number of aryl methyl sites for hydroxylation is 2. The molecule has 0 fully saturated rings. The number of hydrogen-bond acceptors (Lipinski definition) is 2. The van der Waals surface area contributed by atoms with Crippen LogP contribution in [0.5, 0.6) is 5.75 Å².